The molecule has 0 radical (unpaired) electrons. The number of carbonyl (C=O) groups is 2. The summed E-state index contributed by atoms with van der Waals surface area (Å²) >= 11 is 0. The molecule has 0 saturated heterocycles. The Morgan fingerprint density at radius 3 is 1.68 bits per heavy atom. The average molecular weight is 350 g/mol. The first-order chi connectivity index (χ1) is 12.0. The highest BCUT2D eigenvalue weighted by atomic mass is 16.5. The van der Waals surface area contributed by atoms with Gasteiger partial charge in [0.2, 0.25) is 0 Å². The van der Waals surface area contributed by atoms with Gasteiger partial charge in [-0.3, -0.25) is 0 Å². The summed E-state index contributed by atoms with van der Waals surface area (Å²) < 4.78 is 5.42. The van der Waals surface area contributed by atoms with Crippen molar-refractivity contribution in [1.29, 1.82) is 0 Å². The third-order valence-electron chi connectivity index (χ3n) is 5.52. The number of carboxylic acid groups (broad SMARTS) is 2. The number of hydrogen-bond donors (Lipinski definition) is 2. The van der Waals surface area contributed by atoms with E-state index in [1.54, 1.807) is 0 Å². The molecule has 2 fully saturated rings. The minimum absolute atomic E-state index is 0.0377. The molecule has 0 aromatic rings. The first-order valence-electron chi connectivity index (χ1n) is 9.45. The van der Waals surface area contributed by atoms with Gasteiger partial charge < -0.3 is 14.9 Å². The molecule has 2 aliphatic rings. The quantitative estimate of drug-likeness (QED) is 0.641. The summed E-state index contributed by atoms with van der Waals surface area (Å²) in [6.07, 6.45) is 11.3. The predicted molar refractivity (Wildman–Crippen MR) is 95.4 cm³/mol. The van der Waals surface area contributed by atoms with Crippen LogP contribution in [0.1, 0.15) is 64.2 Å². The Hall–Kier alpha value is -1.62. The van der Waals surface area contributed by atoms with Crippen LogP contribution in [0.2, 0.25) is 0 Å². The van der Waals surface area contributed by atoms with Gasteiger partial charge in [0.05, 0.1) is 24.4 Å². The Morgan fingerprint density at radius 1 is 0.800 bits per heavy atom. The molecule has 2 aliphatic carbocycles. The van der Waals surface area contributed by atoms with Crippen LogP contribution in [0, 0.1) is 11.8 Å². The normalized spacial score (nSPS) is 19.4. The van der Waals surface area contributed by atoms with Crippen molar-refractivity contribution in [2.45, 2.75) is 64.2 Å². The van der Waals surface area contributed by atoms with Gasteiger partial charge in [-0.05, 0) is 37.5 Å². The van der Waals surface area contributed by atoms with Gasteiger partial charge in [0.1, 0.15) is 0 Å². The second-order valence-electron chi connectivity index (χ2n) is 7.31. The maximum absolute atomic E-state index is 12.0. The fraction of sp³-hybridized carbons (Fsp3) is 0.700. The van der Waals surface area contributed by atoms with Crippen molar-refractivity contribution in [2.75, 3.05) is 13.2 Å². The van der Waals surface area contributed by atoms with E-state index in [2.05, 4.69) is 6.58 Å². The van der Waals surface area contributed by atoms with E-state index >= 15 is 0 Å². The number of hydrogen-bond acceptors (Lipinski definition) is 3. The van der Waals surface area contributed by atoms with Crippen molar-refractivity contribution < 1.29 is 24.5 Å². The molecule has 0 bridgehead atoms. The van der Waals surface area contributed by atoms with Crippen LogP contribution in [0.5, 0.6) is 0 Å². The smallest absolute Gasteiger partial charge is 0.333 e. The van der Waals surface area contributed by atoms with Crippen molar-refractivity contribution in [3.63, 3.8) is 0 Å². The Bertz CT molecular complexity index is 502. The molecule has 25 heavy (non-hydrogen) atoms. The number of ether oxygens (including phenoxy) is 1. The van der Waals surface area contributed by atoms with Crippen molar-refractivity contribution in [1.82, 2.24) is 0 Å². The highest BCUT2D eigenvalue weighted by Gasteiger charge is 2.30. The molecular weight excluding hydrogens is 320 g/mol. The number of carboxylic acids is 2. The molecule has 0 aromatic heterocycles. The predicted octanol–water partition coefficient (Wildman–Crippen LogP) is 4.19. The summed E-state index contributed by atoms with van der Waals surface area (Å²) in [4.78, 5) is 22.8. The van der Waals surface area contributed by atoms with Gasteiger partial charge in [-0.2, -0.15) is 0 Å². The van der Waals surface area contributed by atoms with Crippen LogP contribution < -0.4 is 0 Å². The SMILES string of the molecule is C=C(COCC(C(=O)O)=C(C1CCCCC1)C1CCCCC1)C(=O)O. The van der Waals surface area contributed by atoms with Crippen molar-refractivity contribution >= 4 is 11.9 Å². The van der Waals surface area contributed by atoms with Crippen LogP contribution in [-0.4, -0.2) is 35.4 Å². The standard InChI is InChI=1S/C20H30O5/c1-14(19(21)22)12-25-13-17(20(23)24)18(15-8-4-2-5-9-15)16-10-6-3-7-11-16/h15-16H,1-13H2,(H,21,22)(H,23,24). The second kappa shape index (κ2) is 9.76. The summed E-state index contributed by atoms with van der Waals surface area (Å²) in [5.74, 6) is -1.35. The zero-order valence-corrected chi connectivity index (χ0v) is 15.0. The summed E-state index contributed by atoms with van der Waals surface area (Å²) in [5, 5.41) is 18.7. The van der Waals surface area contributed by atoms with E-state index in [0.29, 0.717) is 17.4 Å². The summed E-state index contributed by atoms with van der Waals surface area (Å²) in [6, 6.07) is 0. The van der Waals surface area contributed by atoms with Gasteiger partial charge in [0.25, 0.3) is 0 Å². The molecule has 0 spiro atoms. The lowest BCUT2D eigenvalue weighted by Crippen LogP contribution is -2.25. The second-order valence-corrected chi connectivity index (χ2v) is 7.31. The molecule has 0 aliphatic heterocycles. The molecule has 5 heteroatoms. The van der Waals surface area contributed by atoms with E-state index in [-0.39, 0.29) is 18.8 Å². The van der Waals surface area contributed by atoms with Crippen LogP contribution in [0.15, 0.2) is 23.3 Å². The highest BCUT2D eigenvalue weighted by Crippen LogP contribution is 2.41. The molecule has 140 valence electrons. The van der Waals surface area contributed by atoms with Gasteiger partial charge in [-0.1, -0.05) is 50.7 Å². The monoisotopic (exact) mass is 350 g/mol. The molecule has 0 aromatic carbocycles. The van der Waals surface area contributed by atoms with E-state index in [0.717, 1.165) is 56.9 Å². The Labute approximate surface area is 149 Å². The molecule has 0 amide bonds. The molecule has 2 saturated carbocycles. The van der Waals surface area contributed by atoms with Gasteiger partial charge >= 0.3 is 11.9 Å². The third-order valence-corrected chi connectivity index (χ3v) is 5.52. The van der Waals surface area contributed by atoms with Crippen molar-refractivity contribution in [3.8, 4) is 0 Å². The molecule has 0 unspecified atom stereocenters. The van der Waals surface area contributed by atoms with E-state index in [9.17, 15) is 14.7 Å². The van der Waals surface area contributed by atoms with Crippen LogP contribution in [0.3, 0.4) is 0 Å². The summed E-state index contributed by atoms with van der Waals surface area (Å²) in [7, 11) is 0. The maximum Gasteiger partial charge on any atom is 0.333 e. The largest absolute Gasteiger partial charge is 0.478 e. The Kier molecular flexibility index (Phi) is 7.69. The summed E-state index contributed by atoms with van der Waals surface area (Å²) in [6.45, 7) is 3.25. The lowest BCUT2D eigenvalue weighted by atomic mass is 9.72. The molecule has 0 atom stereocenters. The fourth-order valence-corrected chi connectivity index (χ4v) is 4.26. The first kappa shape index (κ1) is 19.7. The lowest BCUT2D eigenvalue weighted by molar-refractivity contribution is -0.133. The van der Waals surface area contributed by atoms with Crippen molar-refractivity contribution in [3.05, 3.63) is 23.3 Å². The van der Waals surface area contributed by atoms with Crippen LogP contribution in [0.25, 0.3) is 0 Å². The first-order valence-corrected chi connectivity index (χ1v) is 9.45. The topological polar surface area (TPSA) is 83.8 Å². The van der Waals surface area contributed by atoms with Gasteiger partial charge in [0, 0.05) is 0 Å². The fourth-order valence-electron chi connectivity index (χ4n) is 4.26. The minimum atomic E-state index is -1.11. The number of aliphatic carboxylic acids is 2. The molecular formula is C20H30O5. The average Bonchev–Trinajstić information content (AvgIpc) is 2.62. The van der Waals surface area contributed by atoms with Crippen LogP contribution in [0.4, 0.5) is 0 Å². The number of allylic oxidation sites excluding steroid dienone is 1. The van der Waals surface area contributed by atoms with Crippen molar-refractivity contribution in [2.24, 2.45) is 11.8 Å². The molecule has 2 N–H and O–H groups in total. The van der Waals surface area contributed by atoms with E-state index in [1.807, 2.05) is 0 Å². The molecule has 5 nitrogen and oxygen atoms in total. The van der Waals surface area contributed by atoms with E-state index < -0.39 is 11.9 Å². The minimum Gasteiger partial charge on any atom is -0.478 e. The van der Waals surface area contributed by atoms with E-state index in [1.165, 1.54) is 12.8 Å². The molecule has 0 heterocycles. The zero-order valence-electron chi connectivity index (χ0n) is 15.0. The van der Waals surface area contributed by atoms with Crippen LogP contribution >= 0.6 is 0 Å². The van der Waals surface area contributed by atoms with E-state index in [4.69, 9.17) is 9.84 Å². The summed E-state index contributed by atoms with van der Waals surface area (Å²) in [5.41, 5.74) is 1.39. The lowest BCUT2D eigenvalue weighted by Gasteiger charge is -2.34. The Morgan fingerprint density at radius 2 is 1.28 bits per heavy atom. The maximum atomic E-state index is 12.0. The zero-order chi connectivity index (χ0) is 18.2. The number of rotatable bonds is 8. The van der Waals surface area contributed by atoms with Crippen LogP contribution in [-0.2, 0) is 14.3 Å². The highest BCUT2D eigenvalue weighted by molar-refractivity contribution is 5.88. The van der Waals surface area contributed by atoms with Gasteiger partial charge in [-0.15, -0.1) is 0 Å². The van der Waals surface area contributed by atoms with Gasteiger partial charge in [-0.25, -0.2) is 9.59 Å². The third kappa shape index (κ3) is 5.70. The molecule has 2 rings (SSSR count). The van der Waals surface area contributed by atoms with Gasteiger partial charge in [0.15, 0.2) is 0 Å². The Balaban J connectivity index is 2.20.